The van der Waals surface area contributed by atoms with Gasteiger partial charge in [0.15, 0.2) is 5.82 Å². The lowest BCUT2D eigenvalue weighted by atomic mass is 10.3. The molecule has 0 aliphatic rings. The lowest BCUT2D eigenvalue weighted by Crippen LogP contribution is -2.00. The Hall–Kier alpha value is -2.67. The molecule has 0 fully saturated rings. The van der Waals surface area contributed by atoms with Gasteiger partial charge in [-0.25, -0.2) is 9.67 Å². The number of pyridine rings is 1. The van der Waals surface area contributed by atoms with E-state index in [1.807, 2.05) is 0 Å². The second kappa shape index (κ2) is 5.61. The van der Waals surface area contributed by atoms with E-state index in [1.54, 1.807) is 25.2 Å². The zero-order valence-electron chi connectivity index (χ0n) is 11.5. The Balaban J connectivity index is 1.90. The van der Waals surface area contributed by atoms with Crippen molar-refractivity contribution >= 4 is 23.2 Å². The summed E-state index contributed by atoms with van der Waals surface area (Å²) in [5.41, 5.74) is 1.04. The molecule has 0 amide bonds. The van der Waals surface area contributed by atoms with E-state index in [4.69, 9.17) is 11.6 Å². The third-order valence-electron chi connectivity index (χ3n) is 2.95. The number of halogens is 2. The molecule has 0 bridgehead atoms. The lowest BCUT2D eigenvalue weighted by molar-refractivity contribution is 0.477. The SMILES string of the molecule is Cn1nc(-c2ccc(F)nc2)nc1Nc1ccc(Cl)cc1O. The molecule has 1 aromatic carbocycles. The van der Waals surface area contributed by atoms with Crippen molar-refractivity contribution in [3.63, 3.8) is 0 Å². The number of aromatic nitrogens is 4. The number of phenols is 1. The Morgan fingerprint density at radius 2 is 2.09 bits per heavy atom. The van der Waals surface area contributed by atoms with Gasteiger partial charge in [0.2, 0.25) is 11.9 Å². The van der Waals surface area contributed by atoms with Crippen molar-refractivity contribution < 1.29 is 9.50 Å². The fourth-order valence-electron chi connectivity index (χ4n) is 1.85. The van der Waals surface area contributed by atoms with Crippen molar-refractivity contribution in [2.24, 2.45) is 7.05 Å². The summed E-state index contributed by atoms with van der Waals surface area (Å²) in [6.07, 6.45) is 1.36. The van der Waals surface area contributed by atoms with E-state index in [0.717, 1.165) is 0 Å². The first kappa shape index (κ1) is 14.3. The van der Waals surface area contributed by atoms with E-state index in [-0.39, 0.29) is 5.75 Å². The third kappa shape index (κ3) is 2.84. The molecule has 0 radical (unpaired) electrons. The fraction of sp³-hybridized carbons (Fsp3) is 0.0714. The maximum Gasteiger partial charge on any atom is 0.226 e. The van der Waals surface area contributed by atoms with Crippen LogP contribution in [0.5, 0.6) is 5.75 Å². The predicted octanol–water partition coefficient (Wildman–Crippen LogP) is 3.12. The Morgan fingerprint density at radius 3 is 2.77 bits per heavy atom. The van der Waals surface area contributed by atoms with Crippen LogP contribution in [0.1, 0.15) is 0 Å². The van der Waals surface area contributed by atoms with E-state index >= 15 is 0 Å². The largest absolute Gasteiger partial charge is 0.506 e. The Kier molecular flexibility index (Phi) is 3.64. The molecule has 112 valence electrons. The number of nitrogens with one attached hydrogen (secondary N) is 1. The maximum absolute atomic E-state index is 12.8. The molecule has 3 aromatic rings. The fourth-order valence-corrected chi connectivity index (χ4v) is 2.02. The molecular formula is C14H11ClFN5O. The van der Waals surface area contributed by atoms with Gasteiger partial charge in [-0.3, -0.25) is 0 Å². The van der Waals surface area contributed by atoms with E-state index < -0.39 is 5.95 Å². The standard InChI is InChI=1S/C14H11ClFN5O/c1-21-14(18-10-4-3-9(15)6-11(10)22)19-13(20-21)8-2-5-12(16)17-7-8/h2-7,22H,1H3,(H,18,19,20). The first-order valence-electron chi connectivity index (χ1n) is 6.31. The molecule has 22 heavy (non-hydrogen) atoms. The molecule has 2 heterocycles. The summed E-state index contributed by atoms with van der Waals surface area (Å²) in [6.45, 7) is 0. The van der Waals surface area contributed by atoms with Gasteiger partial charge in [-0.05, 0) is 24.3 Å². The normalized spacial score (nSPS) is 10.7. The van der Waals surface area contributed by atoms with Crippen LogP contribution in [-0.4, -0.2) is 24.9 Å². The summed E-state index contributed by atoms with van der Waals surface area (Å²) >= 11 is 5.79. The van der Waals surface area contributed by atoms with Gasteiger partial charge in [0.25, 0.3) is 0 Å². The number of benzene rings is 1. The molecular weight excluding hydrogens is 309 g/mol. The van der Waals surface area contributed by atoms with Crippen molar-refractivity contribution in [3.05, 3.63) is 47.5 Å². The number of aromatic hydroxyl groups is 1. The van der Waals surface area contributed by atoms with Gasteiger partial charge >= 0.3 is 0 Å². The molecule has 0 saturated heterocycles. The predicted molar refractivity (Wildman–Crippen MR) is 80.6 cm³/mol. The van der Waals surface area contributed by atoms with Gasteiger partial charge in [0.05, 0.1) is 5.69 Å². The summed E-state index contributed by atoms with van der Waals surface area (Å²) in [6, 6.07) is 7.48. The van der Waals surface area contributed by atoms with Crippen LogP contribution in [0.15, 0.2) is 36.5 Å². The Morgan fingerprint density at radius 1 is 1.27 bits per heavy atom. The molecule has 8 heteroatoms. The summed E-state index contributed by atoms with van der Waals surface area (Å²) in [5.74, 6) is 0.243. The minimum absolute atomic E-state index is 0.000462. The van der Waals surface area contributed by atoms with Crippen molar-refractivity contribution in [1.29, 1.82) is 0 Å². The van der Waals surface area contributed by atoms with Crippen LogP contribution in [0.25, 0.3) is 11.4 Å². The quantitative estimate of drug-likeness (QED) is 0.573. The molecule has 6 nitrogen and oxygen atoms in total. The zero-order chi connectivity index (χ0) is 15.7. The van der Waals surface area contributed by atoms with E-state index in [9.17, 15) is 9.50 Å². The average molecular weight is 320 g/mol. The van der Waals surface area contributed by atoms with Crippen LogP contribution >= 0.6 is 11.6 Å². The Labute approximate surface area is 130 Å². The lowest BCUT2D eigenvalue weighted by Gasteiger charge is -2.06. The van der Waals surface area contributed by atoms with Gasteiger partial charge in [0, 0.05) is 29.9 Å². The second-order valence-electron chi connectivity index (χ2n) is 4.54. The summed E-state index contributed by atoms with van der Waals surface area (Å²) in [4.78, 5) is 7.87. The van der Waals surface area contributed by atoms with Crippen molar-refractivity contribution in [2.75, 3.05) is 5.32 Å². The van der Waals surface area contributed by atoms with E-state index in [1.165, 1.54) is 23.0 Å². The first-order valence-corrected chi connectivity index (χ1v) is 6.69. The smallest absolute Gasteiger partial charge is 0.226 e. The van der Waals surface area contributed by atoms with Crippen molar-refractivity contribution in [1.82, 2.24) is 19.7 Å². The highest BCUT2D eigenvalue weighted by atomic mass is 35.5. The highest BCUT2D eigenvalue weighted by molar-refractivity contribution is 6.30. The summed E-state index contributed by atoms with van der Waals surface area (Å²) < 4.78 is 14.4. The molecule has 0 atom stereocenters. The average Bonchev–Trinajstić information content (AvgIpc) is 2.84. The minimum Gasteiger partial charge on any atom is -0.506 e. The Bertz CT molecular complexity index is 819. The number of hydrogen-bond donors (Lipinski definition) is 2. The van der Waals surface area contributed by atoms with Crippen LogP contribution in [0.4, 0.5) is 16.0 Å². The molecule has 0 unspecified atom stereocenters. The van der Waals surface area contributed by atoms with Crippen molar-refractivity contribution in [2.45, 2.75) is 0 Å². The number of aryl methyl sites for hydroxylation is 1. The van der Waals surface area contributed by atoms with Gasteiger partial charge in [-0.15, -0.1) is 5.10 Å². The third-order valence-corrected chi connectivity index (χ3v) is 3.19. The first-order chi connectivity index (χ1) is 10.5. The van der Waals surface area contributed by atoms with Gasteiger partial charge in [-0.1, -0.05) is 11.6 Å². The molecule has 2 aromatic heterocycles. The van der Waals surface area contributed by atoms with E-state index in [0.29, 0.717) is 28.0 Å². The van der Waals surface area contributed by atoms with Crippen LogP contribution < -0.4 is 5.32 Å². The van der Waals surface area contributed by atoms with Gasteiger partial charge in [0.1, 0.15) is 5.75 Å². The maximum atomic E-state index is 12.8. The number of rotatable bonds is 3. The second-order valence-corrected chi connectivity index (χ2v) is 4.98. The zero-order valence-corrected chi connectivity index (χ0v) is 12.2. The van der Waals surface area contributed by atoms with Crippen LogP contribution in [0.2, 0.25) is 5.02 Å². The van der Waals surface area contributed by atoms with E-state index in [2.05, 4.69) is 20.4 Å². The van der Waals surface area contributed by atoms with Gasteiger partial charge in [-0.2, -0.15) is 9.37 Å². The van der Waals surface area contributed by atoms with Crippen LogP contribution in [0, 0.1) is 5.95 Å². The van der Waals surface area contributed by atoms with Crippen LogP contribution in [0.3, 0.4) is 0 Å². The number of nitrogens with zero attached hydrogens (tertiary/aromatic N) is 4. The highest BCUT2D eigenvalue weighted by Crippen LogP contribution is 2.29. The number of anilines is 2. The number of hydrogen-bond acceptors (Lipinski definition) is 5. The number of phenolic OH excluding ortho intramolecular Hbond substituents is 1. The topological polar surface area (TPSA) is 75.9 Å². The molecule has 2 N–H and O–H groups in total. The summed E-state index contributed by atoms with van der Waals surface area (Å²) in [5, 5.41) is 17.5. The monoisotopic (exact) mass is 319 g/mol. The molecule has 0 aliphatic heterocycles. The molecule has 0 saturated carbocycles. The minimum atomic E-state index is -0.566. The van der Waals surface area contributed by atoms with Crippen LogP contribution in [-0.2, 0) is 7.05 Å². The van der Waals surface area contributed by atoms with Crippen molar-refractivity contribution in [3.8, 4) is 17.1 Å². The molecule has 0 spiro atoms. The molecule has 0 aliphatic carbocycles. The summed E-state index contributed by atoms with van der Waals surface area (Å²) in [7, 11) is 1.70. The highest BCUT2D eigenvalue weighted by Gasteiger charge is 2.11. The van der Waals surface area contributed by atoms with Gasteiger partial charge < -0.3 is 10.4 Å². The molecule has 3 rings (SSSR count).